The highest BCUT2D eigenvalue weighted by molar-refractivity contribution is 6.30. The van der Waals surface area contributed by atoms with Gasteiger partial charge in [0.15, 0.2) is 6.10 Å². The Morgan fingerprint density at radius 3 is 2.29 bits per heavy atom. The van der Waals surface area contributed by atoms with Gasteiger partial charge < -0.3 is 9.30 Å². The number of carbonyl (C=O) groups excluding carboxylic acids is 1. The number of benzene rings is 2. The molecule has 28 heavy (non-hydrogen) atoms. The average Bonchev–Trinajstić information content (AvgIpc) is 3.23. The van der Waals surface area contributed by atoms with Gasteiger partial charge in [-0.3, -0.25) is 4.79 Å². The molecule has 0 saturated carbocycles. The van der Waals surface area contributed by atoms with Gasteiger partial charge in [0, 0.05) is 28.9 Å². The standard InChI is InChI=1S/C21H19Cl3N2O2/c22-17-8-4-15(5-9-17)2-1-3-19(27)28-20(16-6-10-18(23)11-7-16)21(24)26-13-12-25-14-26/h4-14,20-21H,1-3H2. The molecule has 1 aromatic heterocycles. The van der Waals surface area contributed by atoms with E-state index in [0.717, 1.165) is 17.5 Å². The second-order valence-corrected chi connectivity index (χ2v) is 7.64. The van der Waals surface area contributed by atoms with Gasteiger partial charge in [-0.2, -0.15) is 0 Å². The summed E-state index contributed by atoms with van der Waals surface area (Å²) in [6.45, 7) is 0. The van der Waals surface area contributed by atoms with Crippen LogP contribution >= 0.6 is 34.8 Å². The van der Waals surface area contributed by atoms with Crippen LogP contribution in [-0.4, -0.2) is 15.5 Å². The summed E-state index contributed by atoms with van der Waals surface area (Å²) in [5.74, 6) is -0.306. The Kier molecular flexibility index (Phi) is 7.37. The van der Waals surface area contributed by atoms with Crippen LogP contribution in [-0.2, 0) is 16.0 Å². The van der Waals surface area contributed by atoms with Gasteiger partial charge >= 0.3 is 5.97 Å². The molecule has 2 unspecified atom stereocenters. The number of esters is 1. The maximum atomic E-state index is 12.5. The number of nitrogens with zero attached hydrogens (tertiary/aromatic N) is 2. The van der Waals surface area contributed by atoms with Crippen molar-refractivity contribution in [1.29, 1.82) is 0 Å². The first kappa shape index (κ1) is 20.7. The van der Waals surface area contributed by atoms with Crippen LogP contribution in [0, 0.1) is 0 Å². The zero-order chi connectivity index (χ0) is 19.9. The molecule has 0 saturated heterocycles. The highest BCUT2D eigenvalue weighted by Crippen LogP contribution is 2.34. The first-order valence-corrected chi connectivity index (χ1v) is 10.0. The van der Waals surface area contributed by atoms with Gasteiger partial charge in [0.1, 0.15) is 5.50 Å². The van der Waals surface area contributed by atoms with Crippen LogP contribution in [0.25, 0.3) is 0 Å². The predicted octanol–water partition coefficient (Wildman–Crippen LogP) is 6.23. The molecule has 146 valence electrons. The molecule has 0 amide bonds. The Morgan fingerprint density at radius 1 is 1.04 bits per heavy atom. The molecule has 0 fully saturated rings. The first-order valence-electron chi connectivity index (χ1n) is 8.84. The SMILES string of the molecule is O=C(CCCc1ccc(Cl)cc1)OC(c1ccc(Cl)cc1)C(Cl)n1ccnc1. The molecule has 4 nitrogen and oxygen atoms in total. The molecule has 7 heteroatoms. The van der Waals surface area contributed by atoms with Crippen LogP contribution in [0.5, 0.6) is 0 Å². The van der Waals surface area contributed by atoms with Gasteiger partial charge in [0.2, 0.25) is 0 Å². The molecule has 1 heterocycles. The van der Waals surface area contributed by atoms with Gasteiger partial charge in [-0.25, -0.2) is 4.98 Å². The maximum Gasteiger partial charge on any atom is 0.306 e. The summed E-state index contributed by atoms with van der Waals surface area (Å²) in [5, 5.41) is 1.30. The Labute approximate surface area is 179 Å². The van der Waals surface area contributed by atoms with E-state index in [9.17, 15) is 4.79 Å². The number of carbonyl (C=O) groups is 1. The second-order valence-electron chi connectivity index (χ2n) is 6.32. The number of rotatable bonds is 8. The normalized spacial score (nSPS) is 13.1. The minimum Gasteiger partial charge on any atom is -0.454 e. The predicted molar refractivity (Wildman–Crippen MR) is 112 cm³/mol. The van der Waals surface area contributed by atoms with Crippen LogP contribution in [0.15, 0.2) is 67.3 Å². The molecule has 0 aliphatic carbocycles. The smallest absolute Gasteiger partial charge is 0.306 e. The third-order valence-corrected chi connectivity index (χ3v) is 5.23. The molecular formula is C21H19Cl3N2O2. The zero-order valence-electron chi connectivity index (χ0n) is 15.0. The molecule has 0 aliphatic rings. The summed E-state index contributed by atoms with van der Waals surface area (Å²) in [5.41, 5.74) is 1.27. The fourth-order valence-electron chi connectivity index (χ4n) is 2.80. The maximum absolute atomic E-state index is 12.5. The van der Waals surface area contributed by atoms with E-state index in [4.69, 9.17) is 39.5 Å². The molecule has 0 N–H and O–H groups in total. The molecule has 2 aromatic carbocycles. The van der Waals surface area contributed by atoms with Gasteiger partial charge in [0.05, 0.1) is 6.33 Å². The minimum atomic E-state index is -0.656. The van der Waals surface area contributed by atoms with Crippen LogP contribution in [0.1, 0.15) is 35.6 Å². The Morgan fingerprint density at radius 2 is 1.68 bits per heavy atom. The number of alkyl halides is 1. The zero-order valence-corrected chi connectivity index (χ0v) is 17.2. The van der Waals surface area contributed by atoms with E-state index in [1.54, 1.807) is 47.6 Å². The molecule has 0 radical (unpaired) electrons. The topological polar surface area (TPSA) is 44.1 Å². The summed E-state index contributed by atoms with van der Waals surface area (Å²) < 4.78 is 7.43. The van der Waals surface area contributed by atoms with Crippen LogP contribution < -0.4 is 0 Å². The van der Waals surface area contributed by atoms with Crippen molar-refractivity contribution in [2.45, 2.75) is 30.9 Å². The van der Waals surface area contributed by atoms with Crippen molar-refractivity contribution in [3.8, 4) is 0 Å². The van der Waals surface area contributed by atoms with Crippen LogP contribution in [0.4, 0.5) is 0 Å². The Balaban J connectivity index is 1.63. The number of hydrogen-bond donors (Lipinski definition) is 0. The quantitative estimate of drug-likeness (QED) is 0.310. The van der Waals surface area contributed by atoms with E-state index in [2.05, 4.69) is 4.98 Å². The van der Waals surface area contributed by atoms with E-state index in [1.807, 2.05) is 24.3 Å². The van der Waals surface area contributed by atoms with Crippen LogP contribution in [0.3, 0.4) is 0 Å². The second kappa shape index (κ2) is 9.97. The molecule has 0 spiro atoms. The van der Waals surface area contributed by atoms with Crippen molar-refractivity contribution in [3.63, 3.8) is 0 Å². The van der Waals surface area contributed by atoms with Crippen molar-refractivity contribution in [1.82, 2.24) is 9.55 Å². The molecule has 0 bridgehead atoms. The van der Waals surface area contributed by atoms with Crippen molar-refractivity contribution in [2.75, 3.05) is 0 Å². The summed E-state index contributed by atoms with van der Waals surface area (Å²) in [6, 6.07) is 14.7. The molecular weight excluding hydrogens is 419 g/mol. The Bertz CT molecular complexity index is 881. The number of imidazole rings is 1. The van der Waals surface area contributed by atoms with E-state index >= 15 is 0 Å². The lowest BCUT2D eigenvalue weighted by Crippen LogP contribution is -2.19. The summed E-state index contributed by atoms with van der Waals surface area (Å²) in [7, 11) is 0. The fourth-order valence-corrected chi connectivity index (χ4v) is 3.36. The van der Waals surface area contributed by atoms with E-state index in [1.165, 1.54) is 0 Å². The molecule has 3 aromatic rings. The lowest BCUT2D eigenvalue weighted by Gasteiger charge is -2.24. The van der Waals surface area contributed by atoms with Gasteiger partial charge in [-0.1, -0.05) is 59.1 Å². The monoisotopic (exact) mass is 436 g/mol. The van der Waals surface area contributed by atoms with Crippen molar-refractivity contribution < 1.29 is 9.53 Å². The number of halogens is 3. The lowest BCUT2D eigenvalue weighted by molar-refractivity contribution is -0.150. The third-order valence-electron chi connectivity index (χ3n) is 4.28. The third kappa shape index (κ3) is 5.74. The summed E-state index contributed by atoms with van der Waals surface area (Å²) in [6.07, 6.45) is 6.03. The summed E-state index contributed by atoms with van der Waals surface area (Å²) >= 11 is 18.4. The Hall–Kier alpha value is -2.01. The summed E-state index contributed by atoms with van der Waals surface area (Å²) in [4.78, 5) is 16.5. The first-order chi connectivity index (χ1) is 13.5. The highest BCUT2D eigenvalue weighted by atomic mass is 35.5. The van der Waals surface area contributed by atoms with E-state index < -0.39 is 11.6 Å². The van der Waals surface area contributed by atoms with Crippen LogP contribution in [0.2, 0.25) is 10.0 Å². The fraction of sp³-hybridized carbons (Fsp3) is 0.238. The van der Waals surface area contributed by atoms with Gasteiger partial charge in [-0.05, 0) is 48.2 Å². The number of aromatic nitrogens is 2. The number of aryl methyl sites for hydroxylation is 1. The van der Waals surface area contributed by atoms with E-state index in [-0.39, 0.29) is 5.97 Å². The average molecular weight is 438 g/mol. The minimum absolute atomic E-state index is 0.292. The number of hydrogen-bond acceptors (Lipinski definition) is 3. The molecule has 2 atom stereocenters. The number of ether oxygens (including phenoxy) is 1. The molecule has 0 aliphatic heterocycles. The van der Waals surface area contributed by atoms with Gasteiger partial charge in [0.25, 0.3) is 0 Å². The lowest BCUT2D eigenvalue weighted by atomic mass is 10.1. The highest BCUT2D eigenvalue weighted by Gasteiger charge is 2.26. The van der Waals surface area contributed by atoms with Crippen molar-refractivity contribution in [2.24, 2.45) is 0 Å². The van der Waals surface area contributed by atoms with Crippen molar-refractivity contribution >= 4 is 40.8 Å². The van der Waals surface area contributed by atoms with Gasteiger partial charge in [-0.15, -0.1) is 0 Å². The largest absolute Gasteiger partial charge is 0.454 e. The van der Waals surface area contributed by atoms with Crippen molar-refractivity contribution in [3.05, 3.63) is 88.4 Å². The van der Waals surface area contributed by atoms with E-state index in [0.29, 0.717) is 22.9 Å². The molecule has 3 rings (SSSR count).